The Balaban J connectivity index is 2.13. The molecule has 0 spiro atoms. The molecule has 2 rings (SSSR count). The highest BCUT2D eigenvalue weighted by molar-refractivity contribution is 7.88. The molecule has 174 valence electrons. The highest BCUT2D eigenvalue weighted by Gasteiger charge is 2.24. The van der Waals surface area contributed by atoms with Crippen molar-refractivity contribution in [1.29, 1.82) is 0 Å². The van der Waals surface area contributed by atoms with Gasteiger partial charge in [0.1, 0.15) is 5.56 Å². The van der Waals surface area contributed by atoms with Gasteiger partial charge in [-0.1, -0.05) is 24.3 Å². The van der Waals surface area contributed by atoms with Crippen molar-refractivity contribution < 1.29 is 27.6 Å². The monoisotopic (exact) mass is 465 g/mol. The third kappa shape index (κ3) is 6.92. The second kappa shape index (κ2) is 10.9. The minimum absolute atomic E-state index is 0.1000. The summed E-state index contributed by atoms with van der Waals surface area (Å²) in [6.07, 6.45) is 0. The first-order valence-electron chi connectivity index (χ1n) is 9.91. The van der Waals surface area contributed by atoms with Crippen molar-refractivity contribution in [3.05, 3.63) is 63.2 Å². The zero-order chi connectivity index (χ0) is 23.9. The Labute approximate surface area is 187 Å². The predicted molar refractivity (Wildman–Crippen MR) is 119 cm³/mol. The molecule has 0 saturated carbocycles. The highest BCUT2D eigenvalue weighted by atomic mass is 32.2. The number of methoxy groups -OCH3 is 1. The summed E-state index contributed by atoms with van der Waals surface area (Å²) >= 11 is 0. The topological polar surface area (TPSA) is 137 Å². The van der Waals surface area contributed by atoms with Gasteiger partial charge in [0.2, 0.25) is 10.0 Å². The van der Waals surface area contributed by atoms with Crippen LogP contribution >= 0.6 is 0 Å². The normalized spacial score (nSPS) is 11.3. The summed E-state index contributed by atoms with van der Waals surface area (Å²) in [5, 5.41) is 14.1. The predicted octanol–water partition coefficient (Wildman–Crippen LogP) is 2.76. The molecule has 2 aromatic rings. The third-order valence-corrected chi connectivity index (χ3v) is 5.82. The van der Waals surface area contributed by atoms with Gasteiger partial charge >= 0.3 is 0 Å². The summed E-state index contributed by atoms with van der Waals surface area (Å²) in [6, 6.07) is 8.93. The molecule has 2 aromatic carbocycles. The van der Waals surface area contributed by atoms with Gasteiger partial charge < -0.3 is 14.8 Å². The molecule has 0 heterocycles. The Bertz CT molecular complexity index is 1070. The Hall–Kier alpha value is -3.18. The number of nitro groups is 1. The van der Waals surface area contributed by atoms with Crippen molar-refractivity contribution in [3.8, 4) is 11.5 Å². The fourth-order valence-corrected chi connectivity index (χ4v) is 4.39. The fraction of sp³-hybridized carbons (Fsp3) is 0.381. The van der Waals surface area contributed by atoms with E-state index in [9.17, 15) is 23.3 Å². The summed E-state index contributed by atoms with van der Waals surface area (Å²) in [6.45, 7) is 5.60. The molecule has 0 fully saturated rings. The molecule has 10 nitrogen and oxygen atoms in total. The third-order valence-electron chi connectivity index (χ3n) is 4.27. The largest absolute Gasteiger partial charge is 0.493 e. The van der Waals surface area contributed by atoms with Gasteiger partial charge in [0.25, 0.3) is 11.6 Å². The molecule has 0 bridgehead atoms. The average molecular weight is 466 g/mol. The van der Waals surface area contributed by atoms with Crippen molar-refractivity contribution in [2.24, 2.45) is 0 Å². The SMILES string of the molecule is CCOc1cc([N+](=O)[O-])c(C(=O)NCc2ccc(CS(=O)(=O)NC(C)C)cc2)cc1OC. The van der Waals surface area contributed by atoms with E-state index in [0.717, 1.165) is 6.07 Å². The van der Waals surface area contributed by atoms with Crippen LogP contribution in [0.15, 0.2) is 36.4 Å². The van der Waals surface area contributed by atoms with Crippen molar-refractivity contribution in [1.82, 2.24) is 10.0 Å². The van der Waals surface area contributed by atoms with E-state index < -0.39 is 26.5 Å². The number of carbonyl (C=O) groups is 1. The molecule has 0 saturated heterocycles. The first-order chi connectivity index (χ1) is 15.1. The molecular weight excluding hydrogens is 438 g/mol. The van der Waals surface area contributed by atoms with E-state index >= 15 is 0 Å². The fourth-order valence-electron chi connectivity index (χ4n) is 2.96. The standard InChI is InChI=1S/C21H27N3O7S/c1-5-31-20-11-18(24(26)27)17(10-19(20)30-4)21(25)22-12-15-6-8-16(9-7-15)13-32(28,29)23-14(2)3/h6-11,14,23H,5,12-13H2,1-4H3,(H,22,25). The molecule has 1 amide bonds. The van der Waals surface area contributed by atoms with Crippen molar-refractivity contribution in [3.63, 3.8) is 0 Å². The molecule has 0 aliphatic rings. The Morgan fingerprint density at radius 1 is 1.12 bits per heavy atom. The van der Waals surface area contributed by atoms with Crippen LogP contribution in [0.4, 0.5) is 5.69 Å². The summed E-state index contributed by atoms with van der Waals surface area (Å²) in [5.74, 6) is -0.416. The first kappa shape index (κ1) is 25.1. The highest BCUT2D eigenvalue weighted by Crippen LogP contribution is 2.34. The van der Waals surface area contributed by atoms with Crippen LogP contribution in [0.2, 0.25) is 0 Å². The van der Waals surface area contributed by atoms with Crippen LogP contribution in [-0.2, 0) is 22.3 Å². The summed E-state index contributed by atoms with van der Waals surface area (Å²) in [5.41, 5.74) is 0.750. The van der Waals surface area contributed by atoms with Gasteiger partial charge in [0, 0.05) is 18.7 Å². The molecule has 0 aliphatic heterocycles. The zero-order valence-electron chi connectivity index (χ0n) is 18.4. The van der Waals surface area contributed by atoms with Gasteiger partial charge in [0.05, 0.1) is 30.5 Å². The molecule has 0 unspecified atom stereocenters. The summed E-state index contributed by atoms with van der Waals surface area (Å²) in [7, 11) is -2.06. The second-order valence-corrected chi connectivity index (χ2v) is 9.00. The zero-order valence-corrected chi connectivity index (χ0v) is 19.2. The molecule has 0 atom stereocenters. The van der Waals surface area contributed by atoms with Crippen LogP contribution < -0.4 is 19.5 Å². The number of nitrogens with zero attached hydrogens (tertiary/aromatic N) is 1. The molecule has 32 heavy (non-hydrogen) atoms. The number of hydrogen-bond donors (Lipinski definition) is 2. The Morgan fingerprint density at radius 3 is 2.28 bits per heavy atom. The first-order valence-corrected chi connectivity index (χ1v) is 11.6. The van der Waals surface area contributed by atoms with Gasteiger partial charge in [-0.15, -0.1) is 0 Å². The van der Waals surface area contributed by atoms with Gasteiger partial charge in [-0.05, 0) is 31.9 Å². The number of amides is 1. The summed E-state index contributed by atoms with van der Waals surface area (Å²) in [4.78, 5) is 23.4. The molecular formula is C21H27N3O7S. The van der Waals surface area contributed by atoms with Gasteiger partial charge in [-0.3, -0.25) is 14.9 Å². The number of benzene rings is 2. The maximum Gasteiger partial charge on any atom is 0.286 e. The van der Waals surface area contributed by atoms with Gasteiger partial charge in [-0.25, -0.2) is 13.1 Å². The number of hydrogen-bond acceptors (Lipinski definition) is 7. The lowest BCUT2D eigenvalue weighted by Crippen LogP contribution is -2.31. The van der Waals surface area contributed by atoms with Crippen LogP contribution in [0.3, 0.4) is 0 Å². The van der Waals surface area contributed by atoms with Gasteiger partial charge in [-0.2, -0.15) is 0 Å². The van der Waals surface area contributed by atoms with Crippen LogP contribution in [0.5, 0.6) is 11.5 Å². The average Bonchev–Trinajstić information content (AvgIpc) is 2.71. The lowest BCUT2D eigenvalue weighted by molar-refractivity contribution is -0.385. The number of nitrogens with one attached hydrogen (secondary N) is 2. The Morgan fingerprint density at radius 2 is 1.75 bits per heavy atom. The van der Waals surface area contributed by atoms with Crippen LogP contribution in [0, 0.1) is 10.1 Å². The quantitative estimate of drug-likeness (QED) is 0.384. The van der Waals surface area contributed by atoms with E-state index in [0.29, 0.717) is 11.1 Å². The van der Waals surface area contributed by atoms with Crippen molar-refractivity contribution in [2.45, 2.75) is 39.1 Å². The van der Waals surface area contributed by atoms with E-state index in [4.69, 9.17) is 9.47 Å². The van der Waals surface area contributed by atoms with Crippen LogP contribution in [-0.4, -0.2) is 39.0 Å². The second-order valence-electron chi connectivity index (χ2n) is 7.24. The van der Waals surface area contributed by atoms with E-state index in [1.54, 1.807) is 45.0 Å². The number of sulfonamides is 1. The van der Waals surface area contributed by atoms with E-state index in [1.165, 1.54) is 13.2 Å². The van der Waals surface area contributed by atoms with Crippen molar-refractivity contribution in [2.75, 3.05) is 13.7 Å². The summed E-state index contributed by atoms with van der Waals surface area (Å²) < 4.78 is 37.1. The van der Waals surface area contributed by atoms with E-state index in [-0.39, 0.29) is 42.0 Å². The molecule has 0 aromatic heterocycles. The molecule has 0 radical (unpaired) electrons. The molecule has 0 aliphatic carbocycles. The van der Waals surface area contributed by atoms with Crippen LogP contribution in [0.25, 0.3) is 0 Å². The number of carbonyl (C=O) groups excluding carboxylic acids is 1. The number of rotatable bonds is 11. The van der Waals surface area contributed by atoms with Crippen LogP contribution in [0.1, 0.15) is 42.3 Å². The van der Waals surface area contributed by atoms with E-state index in [2.05, 4.69) is 10.0 Å². The maximum atomic E-state index is 12.6. The smallest absolute Gasteiger partial charge is 0.286 e. The van der Waals surface area contributed by atoms with E-state index in [1.807, 2.05) is 0 Å². The lowest BCUT2D eigenvalue weighted by atomic mass is 10.1. The molecule has 11 heteroatoms. The minimum atomic E-state index is -3.44. The minimum Gasteiger partial charge on any atom is -0.493 e. The molecule has 2 N–H and O–H groups in total. The van der Waals surface area contributed by atoms with Crippen molar-refractivity contribution >= 4 is 21.6 Å². The van der Waals surface area contributed by atoms with Gasteiger partial charge in [0.15, 0.2) is 11.5 Å². The Kier molecular flexibility index (Phi) is 8.56. The number of nitro benzene ring substituents is 1. The number of ether oxygens (including phenoxy) is 2. The maximum absolute atomic E-state index is 12.6. The lowest BCUT2D eigenvalue weighted by Gasteiger charge is -2.12.